The van der Waals surface area contributed by atoms with Crippen LogP contribution in [-0.4, -0.2) is 6.29 Å². The summed E-state index contributed by atoms with van der Waals surface area (Å²) in [6.45, 7) is 2.54. The molecule has 7 unspecified atom stereocenters. The lowest BCUT2D eigenvalue weighted by molar-refractivity contribution is -0.110. The van der Waals surface area contributed by atoms with E-state index in [0.717, 1.165) is 36.0 Å². The van der Waals surface area contributed by atoms with E-state index >= 15 is 0 Å². The highest BCUT2D eigenvalue weighted by molar-refractivity contribution is 5.50. The summed E-state index contributed by atoms with van der Waals surface area (Å²) in [5.41, 5.74) is 0.504. The van der Waals surface area contributed by atoms with Crippen molar-refractivity contribution in [3.05, 3.63) is 0 Å². The summed E-state index contributed by atoms with van der Waals surface area (Å²) in [5.74, 6) is 5.87. The maximum atomic E-state index is 11.0. The second-order valence-corrected chi connectivity index (χ2v) is 8.94. The molecule has 0 N–H and O–H groups in total. The van der Waals surface area contributed by atoms with E-state index in [1.165, 1.54) is 70.5 Å². The molecule has 0 heterocycles. The molecular weight excluding hydrogens is 256 g/mol. The van der Waals surface area contributed by atoms with Crippen LogP contribution in [0.2, 0.25) is 0 Å². The lowest BCUT2D eigenvalue weighted by Crippen LogP contribution is -2.48. The molecule has 1 heteroatoms. The lowest BCUT2D eigenvalue weighted by atomic mass is 9.49. The van der Waals surface area contributed by atoms with Crippen LogP contribution in [-0.2, 0) is 4.79 Å². The molecule has 0 radical (unpaired) electrons. The zero-order valence-corrected chi connectivity index (χ0v) is 13.7. The highest BCUT2D eigenvalue weighted by Crippen LogP contribution is 2.64. The van der Waals surface area contributed by atoms with Gasteiger partial charge in [0.25, 0.3) is 0 Å². The van der Waals surface area contributed by atoms with Gasteiger partial charge in [-0.1, -0.05) is 26.2 Å². The van der Waals surface area contributed by atoms with E-state index in [9.17, 15) is 4.79 Å². The Morgan fingerprint density at radius 3 is 2.62 bits per heavy atom. The number of hydrogen-bond acceptors (Lipinski definition) is 1. The Kier molecular flexibility index (Phi) is 3.66. The summed E-state index contributed by atoms with van der Waals surface area (Å²) in [6, 6.07) is 0. The Bertz CT molecular complexity index is 403. The highest BCUT2D eigenvalue weighted by atomic mass is 16.1. The Hall–Kier alpha value is -0.330. The smallest absolute Gasteiger partial charge is 0.120 e. The minimum atomic E-state index is 0.504. The molecule has 21 heavy (non-hydrogen) atoms. The molecule has 4 aliphatic carbocycles. The molecule has 0 aromatic heterocycles. The molecule has 0 aliphatic heterocycles. The molecule has 0 saturated heterocycles. The van der Waals surface area contributed by atoms with Gasteiger partial charge in [-0.25, -0.2) is 0 Å². The van der Waals surface area contributed by atoms with Gasteiger partial charge in [0.1, 0.15) is 6.29 Å². The Labute approximate surface area is 130 Å². The molecule has 0 aromatic rings. The minimum Gasteiger partial charge on any atom is -0.303 e. The van der Waals surface area contributed by atoms with Gasteiger partial charge in [0, 0.05) is 6.42 Å². The summed E-state index contributed by atoms with van der Waals surface area (Å²) in [5, 5.41) is 0. The zero-order chi connectivity index (χ0) is 14.4. The molecule has 4 rings (SSSR count). The van der Waals surface area contributed by atoms with Gasteiger partial charge in [-0.3, -0.25) is 0 Å². The van der Waals surface area contributed by atoms with Crippen molar-refractivity contribution < 1.29 is 4.79 Å². The van der Waals surface area contributed by atoms with E-state index in [-0.39, 0.29) is 0 Å². The van der Waals surface area contributed by atoms with Crippen LogP contribution in [0.4, 0.5) is 0 Å². The maximum absolute atomic E-state index is 11.0. The van der Waals surface area contributed by atoms with Crippen LogP contribution in [0.25, 0.3) is 0 Å². The number of carbonyl (C=O) groups excluding carboxylic acids is 1. The molecule has 118 valence electrons. The Morgan fingerprint density at radius 1 is 0.905 bits per heavy atom. The fourth-order valence-corrected chi connectivity index (χ4v) is 7.44. The quantitative estimate of drug-likeness (QED) is 0.635. The topological polar surface area (TPSA) is 17.1 Å². The molecule has 0 amide bonds. The van der Waals surface area contributed by atoms with Gasteiger partial charge in [0.15, 0.2) is 0 Å². The zero-order valence-electron chi connectivity index (χ0n) is 13.7. The van der Waals surface area contributed by atoms with E-state index in [1.807, 2.05) is 0 Å². The number of fused-ring (bicyclic) bond motifs is 5. The van der Waals surface area contributed by atoms with Gasteiger partial charge >= 0.3 is 0 Å². The third-order valence-electron chi connectivity index (χ3n) is 8.46. The van der Waals surface area contributed by atoms with E-state index in [1.54, 1.807) is 0 Å². The first-order chi connectivity index (χ1) is 10.2. The fraction of sp³-hybridized carbons (Fsp3) is 0.950. The molecule has 0 bridgehead atoms. The maximum Gasteiger partial charge on any atom is 0.120 e. The van der Waals surface area contributed by atoms with Crippen LogP contribution in [0.1, 0.15) is 77.6 Å². The number of aldehydes is 1. The van der Waals surface area contributed by atoms with E-state index in [4.69, 9.17) is 0 Å². The molecule has 4 aliphatic rings. The number of carbonyl (C=O) groups is 1. The van der Waals surface area contributed by atoms with Crippen LogP contribution in [0.3, 0.4) is 0 Å². The normalized spacial score (nSPS) is 52.6. The van der Waals surface area contributed by atoms with Crippen molar-refractivity contribution in [1.29, 1.82) is 0 Å². The van der Waals surface area contributed by atoms with Crippen molar-refractivity contribution in [1.82, 2.24) is 0 Å². The van der Waals surface area contributed by atoms with Crippen molar-refractivity contribution in [3.8, 4) is 0 Å². The van der Waals surface area contributed by atoms with Crippen LogP contribution in [0, 0.1) is 40.9 Å². The fourth-order valence-electron chi connectivity index (χ4n) is 7.44. The van der Waals surface area contributed by atoms with E-state index in [2.05, 4.69) is 6.92 Å². The third kappa shape index (κ3) is 2.13. The van der Waals surface area contributed by atoms with Gasteiger partial charge in [0.05, 0.1) is 0 Å². The van der Waals surface area contributed by atoms with Gasteiger partial charge in [0.2, 0.25) is 0 Å². The minimum absolute atomic E-state index is 0.504. The van der Waals surface area contributed by atoms with Gasteiger partial charge < -0.3 is 4.79 Å². The van der Waals surface area contributed by atoms with Crippen molar-refractivity contribution in [3.63, 3.8) is 0 Å². The Balaban J connectivity index is 1.56. The third-order valence-corrected chi connectivity index (χ3v) is 8.46. The standard InChI is InChI=1S/C20H32O/c1-20-12-10-17-16-5-3-2-4-14(16)6-8-18(17)19(20)9-7-15(20)11-13-21/h13-19H,2-12H2,1H3. The predicted octanol–water partition coefficient (Wildman–Crippen LogP) is 5.23. The monoisotopic (exact) mass is 288 g/mol. The molecule has 7 atom stereocenters. The molecule has 0 spiro atoms. The SMILES string of the molecule is CC12CCC3C4CCCCC4CCC3C1CCC2CC=O. The predicted molar refractivity (Wildman–Crippen MR) is 85.9 cm³/mol. The lowest BCUT2D eigenvalue weighted by Gasteiger charge is -2.55. The molecule has 0 aromatic carbocycles. The molecule has 1 nitrogen and oxygen atoms in total. The highest BCUT2D eigenvalue weighted by Gasteiger charge is 2.56. The molecular formula is C20H32O. The first kappa shape index (κ1) is 14.3. The van der Waals surface area contributed by atoms with Gasteiger partial charge in [-0.05, 0) is 85.9 Å². The van der Waals surface area contributed by atoms with Crippen molar-refractivity contribution in [2.75, 3.05) is 0 Å². The average Bonchev–Trinajstić information content (AvgIpc) is 2.84. The van der Waals surface area contributed by atoms with E-state index in [0.29, 0.717) is 11.3 Å². The number of rotatable bonds is 2. The molecule has 4 saturated carbocycles. The van der Waals surface area contributed by atoms with Crippen molar-refractivity contribution in [2.24, 2.45) is 40.9 Å². The second kappa shape index (κ2) is 5.39. The van der Waals surface area contributed by atoms with Crippen LogP contribution >= 0.6 is 0 Å². The van der Waals surface area contributed by atoms with Crippen LogP contribution in [0.15, 0.2) is 0 Å². The largest absolute Gasteiger partial charge is 0.303 e. The average molecular weight is 288 g/mol. The van der Waals surface area contributed by atoms with Crippen LogP contribution in [0.5, 0.6) is 0 Å². The summed E-state index contributed by atoms with van der Waals surface area (Å²) in [4.78, 5) is 11.0. The van der Waals surface area contributed by atoms with E-state index < -0.39 is 0 Å². The summed E-state index contributed by atoms with van der Waals surface area (Å²) in [6.07, 6.45) is 16.8. The molecule has 4 fully saturated rings. The first-order valence-corrected chi connectivity index (χ1v) is 9.67. The summed E-state index contributed by atoms with van der Waals surface area (Å²) in [7, 11) is 0. The Morgan fingerprint density at radius 2 is 1.76 bits per heavy atom. The second-order valence-electron chi connectivity index (χ2n) is 8.94. The number of hydrogen-bond donors (Lipinski definition) is 0. The summed E-state index contributed by atoms with van der Waals surface area (Å²) >= 11 is 0. The first-order valence-electron chi connectivity index (χ1n) is 9.67. The van der Waals surface area contributed by atoms with Crippen molar-refractivity contribution in [2.45, 2.75) is 77.6 Å². The van der Waals surface area contributed by atoms with Gasteiger partial charge in [-0.2, -0.15) is 0 Å². The van der Waals surface area contributed by atoms with Gasteiger partial charge in [-0.15, -0.1) is 0 Å². The summed E-state index contributed by atoms with van der Waals surface area (Å²) < 4.78 is 0. The van der Waals surface area contributed by atoms with Crippen molar-refractivity contribution >= 4 is 6.29 Å². The van der Waals surface area contributed by atoms with Crippen LogP contribution < -0.4 is 0 Å².